The Morgan fingerprint density at radius 3 is 2.47 bits per heavy atom. The zero-order valence-electron chi connectivity index (χ0n) is 19.0. The highest BCUT2D eigenvalue weighted by Crippen LogP contribution is 2.45. The molecular weight excluding hydrogens is 441 g/mol. The van der Waals surface area contributed by atoms with E-state index in [1.54, 1.807) is 67.5 Å². The van der Waals surface area contributed by atoms with E-state index in [2.05, 4.69) is 4.98 Å². The van der Waals surface area contributed by atoms with Gasteiger partial charge in [-0.05, 0) is 47.2 Å². The molecule has 7 heteroatoms. The summed E-state index contributed by atoms with van der Waals surface area (Å²) in [6.07, 6.45) is 1.42. The number of aromatic nitrogens is 1. The number of aromatic hydroxyl groups is 1. The molecule has 2 aromatic carbocycles. The minimum atomic E-state index is -4.88. The molecule has 1 unspecified atom stereocenters. The van der Waals surface area contributed by atoms with Crippen LogP contribution >= 0.6 is 0 Å². The van der Waals surface area contributed by atoms with Crippen molar-refractivity contribution < 1.29 is 23.4 Å². The molecule has 4 nitrogen and oxygen atoms in total. The molecule has 2 N–H and O–H groups in total. The fourth-order valence-corrected chi connectivity index (χ4v) is 4.65. The fourth-order valence-electron chi connectivity index (χ4n) is 4.65. The van der Waals surface area contributed by atoms with Gasteiger partial charge in [0.2, 0.25) is 0 Å². The number of hydrogen-bond donors (Lipinski definition) is 2. The molecule has 0 saturated carbocycles. The highest BCUT2D eigenvalue weighted by Gasteiger charge is 2.57. The lowest BCUT2D eigenvalue weighted by Crippen LogP contribution is -2.56. The number of para-hydroxylation sites is 1. The number of pyridine rings is 1. The van der Waals surface area contributed by atoms with E-state index in [1.165, 1.54) is 6.07 Å². The lowest BCUT2D eigenvalue weighted by Gasteiger charge is -2.42. The van der Waals surface area contributed by atoms with Gasteiger partial charge in [-0.15, -0.1) is 0 Å². The van der Waals surface area contributed by atoms with Crippen LogP contribution in [-0.4, -0.2) is 40.1 Å². The Bertz CT molecular complexity index is 1190. The van der Waals surface area contributed by atoms with Gasteiger partial charge in [0.05, 0.1) is 6.54 Å². The monoisotopic (exact) mass is 468 g/mol. The molecule has 0 aliphatic carbocycles. The second-order valence-corrected chi connectivity index (χ2v) is 9.41. The number of phenolic OH excluding ortho intramolecular Hbond substituents is 1. The molecule has 1 aliphatic heterocycles. The topological polar surface area (TPSA) is 56.6 Å². The number of phenols is 1. The van der Waals surface area contributed by atoms with Crippen molar-refractivity contribution in [2.75, 3.05) is 18.0 Å². The average molecular weight is 469 g/mol. The highest BCUT2D eigenvalue weighted by molar-refractivity contribution is 5.71. The molecule has 0 radical (unpaired) electrons. The van der Waals surface area contributed by atoms with Gasteiger partial charge in [-0.2, -0.15) is 13.2 Å². The number of rotatable bonds is 6. The number of nitrogens with zero attached hydrogens (tertiary/aromatic N) is 2. The predicted octanol–water partition coefficient (Wildman–Crippen LogP) is 5.95. The Morgan fingerprint density at radius 2 is 1.76 bits per heavy atom. The van der Waals surface area contributed by atoms with Gasteiger partial charge in [-0.25, -0.2) is 0 Å². The van der Waals surface area contributed by atoms with Crippen molar-refractivity contribution in [3.8, 4) is 16.9 Å². The summed E-state index contributed by atoms with van der Waals surface area (Å²) in [6, 6.07) is 15.6. The van der Waals surface area contributed by atoms with Crippen molar-refractivity contribution in [3.05, 3.63) is 84.2 Å². The van der Waals surface area contributed by atoms with Crippen LogP contribution in [0.5, 0.6) is 5.75 Å². The molecule has 178 valence electrons. The highest BCUT2D eigenvalue weighted by atomic mass is 19.4. The quantitative estimate of drug-likeness (QED) is 0.470. The van der Waals surface area contributed by atoms with Crippen LogP contribution in [0.15, 0.2) is 73.1 Å². The van der Waals surface area contributed by atoms with Crippen molar-refractivity contribution in [1.82, 2.24) is 4.98 Å². The minimum Gasteiger partial charge on any atom is -0.508 e. The average Bonchev–Trinajstić information content (AvgIpc) is 2.79. The Balaban J connectivity index is 1.68. The van der Waals surface area contributed by atoms with Gasteiger partial charge in [0.25, 0.3) is 0 Å². The first kappa shape index (κ1) is 23.8. The minimum absolute atomic E-state index is 0.117. The number of halogens is 3. The first-order valence-electron chi connectivity index (χ1n) is 11.0. The van der Waals surface area contributed by atoms with E-state index in [-0.39, 0.29) is 12.3 Å². The van der Waals surface area contributed by atoms with Crippen LogP contribution in [0, 0.1) is 0 Å². The van der Waals surface area contributed by atoms with Gasteiger partial charge >= 0.3 is 6.18 Å². The number of anilines is 1. The Hall–Kier alpha value is -3.32. The van der Waals surface area contributed by atoms with Crippen molar-refractivity contribution >= 4 is 11.8 Å². The summed E-state index contributed by atoms with van der Waals surface area (Å²) in [5, 5.41) is 21.7. The molecule has 0 spiro atoms. The summed E-state index contributed by atoms with van der Waals surface area (Å²) < 4.78 is 43.1. The Kier molecular flexibility index (Phi) is 6.16. The third kappa shape index (κ3) is 4.66. The molecular formula is C27H27F3N2O2. The van der Waals surface area contributed by atoms with Gasteiger partial charge in [-0.3, -0.25) is 4.98 Å². The molecule has 0 amide bonds. The van der Waals surface area contributed by atoms with Gasteiger partial charge in [0, 0.05) is 35.8 Å². The third-order valence-electron chi connectivity index (χ3n) is 6.34. The van der Waals surface area contributed by atoms with Crippen molar-refractivity contribution in [1.29, 1.82) is 0 Å². The van der Waals surface area contributed by atoms with Crippen LogP contribution in [0.1, 0.15) is 31.4 Å². The number of aliphatic hydroxyl groups is 1. The second-order valence-electron chi connectivity index (χ2n) is 9.41. The lowest BCUT2D eigenvalue weighted by atomic mass is 9.73. The molecule has 0 saturated heterocycles. The van der Waals surface area contributed by atoms with Gasteiger partial charge < -0.3 is 15.1 Å². The first-order valence-corrected chi connectivity index (χ1v) is 11.0. The molecule has 1 aliphatic rings. The maximum atomic E-state index is 14.4. The zero-order valence-corrected chi connectivity index (χ0v) is 19.0. The van der Waals surface area contributed by atoms with Gasteiger partial charge in [0.1, 0.15) is 5.75 Å². The molecule has 4 rings (SSSR count). The molecule has 3 aromatic rings. The third-order valence-corrected chi connectivity index (χ3v) is 6.34. The number of β-amino-alcohol motifs (C(OH)–C–C–N with tert-alkyl or cyclic N) is 1. The maximum Gasteiger partial charge on any atom is 0.418 e. The smallest absolute Gasteiger partial charge is 0.418 e. The molecule has 0 fully saturated rings. The van der Waals surface area contributed by atoms with E-state index in [4.69, 9.17) is 0 Å². The van der Waals surface area contributed by atoms with Crippen molar-refractivity contribution in [2.24, 2.45) is 0 Å². The normalized spacial score (nSPS) is 15.6. The van der Waals surface area contributed by atoms with E-state index in [9.17, 15) is 23.4 Å². The van der Waals surface area contributed by atoms with Crippen LogP contribution in [0.2, 0.25) is 0 Å². The van der Waals surface area contributed by atoms with Crippen LogP contribution in [0.25, 0.3) is 17.2 Å². The lowest BCUT2D eigenvalue weighted by molar-refractivity contribution is -0.262. The Labute approximate surface area is 197 Å². The summed E-state index contributed by atoms with van der Waals surface area (Å²) >= 11 is 0. The van der Waals surface area contributed by atoms with Gasteiger partial charge in [-0.1, -0.05) is 56.3 Å². The number of alkyl halides is 3. The molecule has 1 atom stereocenters. The fraction of sp³-hybridized carbons (Fsp3) is 0.296. The summed E-state index contributed by atoms with van der Waals surface area (Å²) in [5.74, 6) is -0.117. The second kappa shape index (κ2) is 8.80. The molecule has 0 bridgehead atoms. The summed E-state index contributed by atoms with van der Waals surface area (Å²) in [6.45, 7) is 2.85. The van der Waals surface area contributed by atoms with Crippen molar-refractivity contribution in [3.63, 3.8) is 0 Å². The molecule has 1 aromatic heterocycles. The van der Waals surface area contributed by atoms with Crippen LogP contribution in [-0.2, 0) is 5.41 Å². The van der Waals surface area contributed by atoms with E-state index in [0.29, 0.717) is 11.3 Å². The first-order chi connectivity index (χ1) is 16.0. The Morgan fingerprint density at radius 1 is 1.00 bits per heavy atom. The van der Waals surface area contributed by atoms with Crippen molar-refractivity contribution in [2.45, 2.75) is 37.5 Å². The SMILES string of the molecule is CC(C)(CC(O)(CN1CC=Cc2ccccc21)C(F)(F)F)c1cc(-c2cccnc2)ccc1O. The predicted molar refractivity (Wildman–Crippen MR) is 128 cm³/mol. The molecule has 2 heterocycles. The van der Waals surface area contributed by atoms with Crippen LogP contribution < -0.4 is 4.90 Å². The maximum absolute atomic E-state index is 14.4. The zero-order chi connectivity index (χ0) is 24.6. The summed E-state index contributed by atoms with van der Waals surface area (Å²) in [5.41, 5.74) is -0.924. The largest absolute Gasteiger partial charge is 0.508 e. The van der Waals surface area contributed by atoms with Crippen LogP contribution in [0.4, 0.5) is 18.9 Å². The van der Waals surface area contributed by atoms with E-state index in [1.807, 2.05) is 24.3 Å². The standard InChI is InChI=1S/C27H27F3N2O2/c1-25(2,22-15-20(11-12-24(22)33)21-8-5-13-31-16-21)17-26(34,27(28,29)30)18-32-14-6-9-19-7-3-4-10-23(19)32/h3-13,15-16,33-34H,14,17-18H2,1-2H3. The number of hydrogen-bond acceptors (Lipinski definition) is 4. The summed E-state index contributed by atoms with van der Waals surface area (Å²) in [7, 11) is 0. The van der Waals surface area contributed by atoms with Gasteiger partial charge in [0.15, 0.2) is 5.60 Å². The van der Waals surface area contributed by atoms with Crippen LogP contribution in [0.3, 0.4) is 0 Å². The molecule has 34 heavy (non-hydrogen) atoms. The van der Waals surface area contributed by atoms with E-state index >= 15 is 0 Å². The van der Waals surface area contributed by atoms with E-state index < -0.39 is 30.2 Å². The number of benzene rings is 2. The summed E-state index contributed by atoms with van der Waals surface area (Å²) in [4.78, 5) is 5.63. The van der Waals surface area contributed by atoms with E-state index in [0.717, 1.165) is 16.7 Å². The number of fused-ring (bicyclic) bond motifs is 1.